The first-order valence-corrected chi connectivity index (χ1v) is 5.50. The highest BCUT2D eigenvalue weighted by molar-refractivity contribution is 5.91. The predicted octanol–water partition coefficient (Wildman–Crippen LogP) is 2.17. The first-order chi connectivity index (χ1) is 7.56. The highest BCUT2D eigenvalue weighted by atomic mass is 16.2. The SMILES string of the molecule is Cc1cc(N)cc(C)c1NC(=O)NC1CC1. The highest BCUT2D eigenvalue weighted by Gasteiger charge is 2.23. The zero-order valence-corrected chi connectivity index (χ0v) is 9.63. The van der Waals surface area contributed by atoms with E-state index in [2.05, 4.69) is 10.6 Å². The Bertz CT molecular complexity index is 401. The number of carbonyl (C=O) groups is 1. The molecule has 0 aromatic heterocycles. The number of aryl methyl sites for hydroxylation is 2. The fourth-order valence-corrected chi connectivity index (χ4v) is 1.76. The van der Waals surface area contributed by atoms with E-state index in [1.54, 1.807) is 0 Å². The van der Waals surface area contributed by atoms with Crippen LogP contribution in [0.25, 0.3) is 0 Å². The van der Waals surface area contributed by atoms with E-state index < -0.39 is 0 Å². The van der Waals surface area contributed by atoms with E-state index in [9.17, 15) is 4.79 Å². The van der Waals surface area contributed by atoms with E-state index in [0.717, 1.165) is 35.3 Å². The second-order valence-corrected chi connectivity index (χ2v) is 4.40. The van der Waals surface area contributed by atoms with Gasteiger partial charge in [-0.25, -0.2) is 4.79 Å². The first-order valence-electron chi connectivity index (χ1n) is 5.50. The molecular weight excluding hydrogens is 202 g/mol. The molecule has 86 valence electrons. The molecule has 4 nitrogen and oxygen atoms in total. The van der Waals surface area contributed by atoms with Gasteiger partial charge in [0.05, 0.1) is 0 Å². The summed E-state index contributed by atoms with van der Waals surface area (Å²) in [4.78, 5) is 11.6. The second-order valence-electron chi connectivity index (χ2n) is 4.40. The molecule has 1 saturated carbocycles. The molecule has 4 heteroatoms. The van der Waals surface area contributed by atoms with Gasteiger partial charge in [0.15, 0.2) is 0 Å². The number of anilines is 2. The van der Waals surface area contributed by atoms with E-state index in [1.165, 1.54) is 0 Å². The molecule has 0 aliphatic heterocycles. The molecule has 4 N–H and O–H groups in total. The molecule has 1 fully saturated rings. The van der Waals surface area contributed by atoms with Crippen molar-refractivity contribution < 1.29 is 4.79 Å². The van der Waals surface area contributed by atoms with Crippen molar-refractivity contribution in [2.24, 2.45) is 0 Å². The summed E-state index contributed by atoms with van der Waals surface area (Å²) in [7, 11) is 0. The van der Waals surface area contributed by atoms with Gasteiger partial charge in [0.25, 0.3) is 0 Å². The molecule has 1 aliphatic carbocycles. The van der Waals surface area contributed by atoms with E-state index in [4.69, 9.17) is 5.73 Å². The summed E-state index contributed by atoms with van der Waals surface area (Å²) in [5, 5.41) is 5.76. The highest BCUT2D eigenvalue weighted by Crippen LogP contribution is 2.24. The van der Waals surface area contributed by atoms with Gasteiger partial charge in [-0.15, -0.1) is 0 Å². The number of hydrogen-bond acceptors (Lipinski definition) is 2. The minimum absolute atomic E-state index is 0.126. The molecule has 16 heavy (non-hydrogen) atoms. The Morgan fingerprint density at radius 1 is 1.31 bits per heavy atom. The van der Waals surface area contributed by atoms with Gasteiger partial charge in [-0.3, -0.25) is 0 Å². The summed E-state index contributed by atoms with van der Waals surface area (Å²) in [5.74, 6) is 0. The Morgan fingerprint density at radius 2 is 1.88 bits per heavy atom. The van der Waals surface area contributed by atoms with Crippen molar-refractivity contribution in [1.82, 2.24) is 5.32 Å². The first kappa shape index (κ1) is 10.8. The number of nitrogens with two attached hydrogens (primary N) is 1. The number of hydrogen-bond donors (Lipinski definition) is 3. The third kappa shape index (κ3) is 2.45. The number of rotatable bonds is 2. The van der Waals surface area contributed by atoms with Gasteiger partial charge in [-0.1, -0.05) is 0 Å². The van der Waals surface area contributed by atoms with Crippen LogP contribution < -0.4 is 16.4 Å². The van der Waals surface area contributed by atoms with Gasteiger partial charge >= 0.3 is 6.03 Å². The maximum atomic E-state index is 11.6. The van der Waals surface area contributed by atoms with Crippen LogP contribution in [0.4, 0.5) is 16.2 Å². The zero-order chi connectivity index (χ0) is 11.7. The van der Waals surface area contributed by atoms with E-state index in [1.807, 2.05) is 26.0 Å². The van der Waals surface area contributed by atoms with Crippen LogP contribution in [0.2, 0.25) is 0 Å². The largest absolute Gasteiger partial charge is 0.399 e. The number of nitrogen functional groups attached to an aromatic ring is 1. The van der Waals surface area contributed by atoms with E-state index >= 15 is 0 Å². The molecule has 0 unspecified atom stereocenters. The van der Waals surface area contributed by atoms with Crippen molar-refractivity contribution in [3.05, 3.63) is 23.3 Å². The molecule has 0 saturated heterocycles. The molecule has 2 amide bonds. The standard InChI is InChI=1S/C12H17N3O/c1-7-5-9(13)6-8(2)11(7)15-12(16)14-10-3-4-10/h5-6,10H,3-4,13H2,1-2H3,(H2,14,15,16). The Labute approximate surface area is 95.2 Å². The third-order valence-corrected chi connectivity index (χ3v) is 2.71. The average Bonchev–Trinajstić information content (AvgIpc) is 2.95. The van der Waals surface area contributed by atoms with Crippen molar-refractivity contribution in [2.45, 2.75) is 32.7 Å². The monoisotopic (exact) mass is 219 g/mol. The van der Waals surface area contributed by atoms with Crippen LogP contribution >= 0.6 is 0 Å². The number of urea groups is 1. The summed E-state index contributed by atoms with van der Waals surface area (Å²) in [6, 6.07) is 3.97. The average molecular weight is 219 g/mol. The second kappa shape index (κ2) is 4.04. The van der Waals surface area contributed by atoms with Crippen molar-refractivity contribution in [2.75, 3.05) is 11.1 Å². The third-order valence-electron chi connectivity index (χ3n) is 2.71. The van der Waals surface area contributed by atoms with Gasteiger partial charge in [0.2, 0.25) is 0 Å². The smallest absolute Gasteiger partial charge is 0.319 e. The number of amides is 2. The summed E-state index contributed by atoms with van der Waals surface area (Å²) < 4.78 is 0. The molecule has 2 rings (SSSR count). The Hall–Kier alpha value is -1.71. The quantitative estimate of drug-likeness (QED) is 0.667. The van der Waals surface area contributed by atoms with Crippen LogP contribution in [0.3, 0.4) is 0 Å². The van der Waals surface area contributed by atoms with Gasteiger partial charge in [0, 0.05) is 17.4 Å². The minimum atomic E-state index is -0.126. The van der Waals surface area contributed by atoms with Crippen molar-refractivity contribution in [3.8, 4) is 0 Å². The molecule has 0 heterocycles. The Morgan fingerprint density at radius 3 is 2.38 bits per heavy atom. The Balaban J connectivity index is 2.10. The van der Waals surface area contributed by atoms with Crippen LogP contribution in [0.1, 0.15) is 24.0 Å². The summed E-state index contributed by atoms with van der Waals surface area (Å²) in [6.45, 7) is 3.88. The number of carbonyl (C=O) groups excluding carboxylic acids is 1. The minimum Gasteiger partial charge on any atom is -0.399 e. The summed E-state index contributed by atoms with van der Waals surface area (Å²) in [6.07, 6.45) is 2.18. The molecule has 0 spiro atoms. The van der Waals surface area contributed by atoms with Crippen molar-refractivity contribution in [3.63, 3.8) is 0 Å². The molecule has 1 aliphatic rings. The van der Waals surface area contributed by atoms with Crippen LogP contribution in [0, 0.1) is 13.8 Å². The van der Waals surface area contributed by atoms with Crippen molar-refractivity contribution >= 4 is 17.4 Å². The fraction of sp³-hybridized carbons (Fsp3) is 0.417. The van der Waals surface area contributed by atoms with Gasteiger partial charge in [0.1, 0.15) is 0 Å². The summed E-state index contributed by atoms with van der Waals surface area (Å²) >= 11 is 0. The lowest BCUT2D eigenvalue weighted by Crippen LogP contribution is -2.30. The Kier molecular flexibility index (Phi) is 2.73. The lowest BCUT2D eigenvalue weighted by Gasteiger charge is -2.13. The zero-order valence-electron chi connectivity index (χ0n) is 9.63. The molecule has 0 radical (unpaired) electrons. The lowest BCUT2D eigenvalue weighted by atomic mass is 10.1. The maximum absolute atomic E-state index is 11.6. The van der Waals surface area contributed by atoms with Gasteiger partial charge < -0.3 is 16.4 Å². The molecule has 1 aromatic rings. The number of benzene rings is 1. The van der Waals surface area contributed by atoms with E-state index in [0.29, 0.717) is 6.04 Å². The fourth-order valence-electron chi connectivity index (χ4n) is 1.76. The topological polar surface area (TPSA) is 67.1 Å². The summed E-state index contributed by atoms with van der Waals surface area (Å²) in [5.41, 5.74) is 9.28. The van der Waals surface area contributed by atoms with Crippen LogP contribution in [0.15, 0.2) is 12.1 Å². The van der Waals surface area contributed by atoms with Crippen LogP contribution in [-0.4, -0.2) is 12.1 Å². The van der Waals surface area contributed by atoms with Crippen LogP contribution in [-0.2, 0) is 0 Å². The van der Waals surface area contributed by atoms with Gasteiger partial charge in [-0.2, -0.15) is 0 Å². The maximum Gasteiger partial charge on any atom is 0.319 e. The lowest BCUT2D eigenvalue weighted by molar-refractivity contribution is 0.251. The molecule has 1 aromatic carbocycles. The van der Waals surface area contributed by atoms with E-state index in [-0.39, 0.29) is 6.03 Å². The molecule has 0 atom stereocenters. The van der Waals surface area contributed by atoms with Gasteiger partial charge in [-0.05, 0) is 49.9 Å². The van der Waals surface area contributed by atoms with Crippen molar-refractivity contribution in [1.29, 1.82) is 0 Å². The normalized spacial score (nSPS) is 14.6. The van der Waals surface area contributed by atoms with Crippen LogP contribution in [0.5, 0.6) is 0 Å². The molecule has 0 bridgehead atoms. The predicted molar refractivity (Wildman–Crippen MR) is 65.5 cm³/mol. The number of nitrogens with one attached hydrogen (secondary N) is 2. The molecular formula is C12H17N3O.